The number of aryl methyl sites for hydroxylation is 1. The average Bonchev–Trinajstić information content (AvgIpc) is 2.42. The summed E-state index contributed by atoms with van der Waals surface area (Å²) < 4.78 is 13.9. The molecule has 13 heavy (non-hydrogen) atoms. The highest BCUT2D eigenvalue weighted by molar-refractivity contribution is 9.08. The Kier molecular flexibility index (Phi) is 2.39. The molecule has 0 aliphatic rings. The lowest BCUT2D eigenvalue weighted by Crippen LogP contribution is -1.74. The Bertz CT molecular complexity index is 447. The third-order valence-electron chi connectivity index (χ3n) is 2.12. The topological polar surface area (TPSA) is 0 Å². The molecule has 1 aromatic carbocycles. The van der Waals surface area contributed by atoms with Crippen molar-refractivity contribution in [2.24, 2.45) is 0 Å². The lowest BCUT2D eigenvalue weighted by molar-refractivity contribution is 0.630. The van der Waals surface area contributed by atoms with Crippen molar-refractivity contribution < 1.29 is 4.39 Å². The van der Waals surface area contributed by atoms with Crippen LogP contribution in [-0.4, -0.2) is 0 Å². The van der Waals surface area contributed by atoms with E-state index in [1.807, 2.05) is 6.07 Å². The van der Waals surface area contributed by atoms with Crippen LogP contribution in [-0.2, 0) is 5.33 Å². The van der Waals surface area contributed by atoms with Gasteiger partial charge in [0.1, 0.15) is 5.82 Å². The van der Waals surface area contributed by atoms with Gasteiger partial charge in [-0.15, -0.1) is 11.3 Å². The lowest BCUT2D eigenvalue weighted by Gasteiger charge is -1.91. The first-order valence-corrected chi connectivity index (χ1v) is 5.89. The molecule has 0 aliphatic heterocycles. The number of benzene rings is 1. The highest BCUT2D eigenvalue weighted by Crippen LogP contribution is 2.32. The fraction of sp³-hybridized carbons (Fsp3) is 0.200. The molecular weight excluding hydrogens is 251 g/mol. The molecule has 1 heterocycles. The SMILES string of the molecule is Cc1c(CBr)sc2cc(F)ccc12. The zero-order valence-electron chi connectivity index (χ0n) is 7.10. The van der Waals surface area contributed by atoms with E-state index in [1.54, 1.807) is 17.4 Å². The first kappa shape index (κ1) is 9.16. The van der Waals surface area contributed by atoms with E-state index in [1.165, 1.54) is 21.9 Å². The summed E-state index contributed by atoms with van der Waals surface area (Å²) in [6, 6.07) is 4.96. The quantitative estimate of drug-likeness (QED) is 0.672. The predicted octanol–water partition coefficient (Wildman–Crippen LogP) is 4.24. The third-order valence-corrected chi connectivity index (χ3v) is 4.31. The molecule has 0 nitrogen and oxygen atoms in total. The van der Waals surface area contributed by atoms with Crippen molar-refractivity contribution in [1.29, 1.82) is 0 Å². The van der Waals surface area contributed by atoms with Crippen molar-refractivity contribution in [3.05, 3.63) is 34.5 Å². The first-order valence-electron chi connectivity index (χ1n) is 3.96. The van der Waals surface area contributed by atoms with E-state index in [-0.39, 0.29) is 5.82 Å². The molecule has 0 N–H and O–H groups in total. The van der Waals surface area contributed by atoms with Crippen LogP contribution in [0.5, 0.6) is 0 Å². The minimum absolute atomic E-state index is 0.158. The highest BCUT2D eigenvalue weighted by atomic mass is 79.9. The molecule has 0 radical (unpaired) electrons. The maximum Gasteiger partial charge on any atom is 0.124 e. The summed E-state index contributed by atoms with van der Waals surface area (Å²) in [4.78, 5) is 1.28. The van der Waals surface area contributed by atoms with Crippen molar-refractivity contribution in [3.63, 3.8) is 0 Å². The number of alkyl halides is 1. The molecule has 68 valence electrons. The number of thiophene rings is 1. The van der Waals surface area contributed by atoms with Crippen LogP contribution < -0.4 is 0 Å². The molecule has 1 aromatic heterocycles. The van der Waals surface area contributed by atoms with Gasteiger partial charge in [0.15, 0.2) is 0 Å². The molecule has 0 bridgehead atoms. The van der Waals surface area contributed by atoms with Crippen LogP contribution >= 0.6 is 27.3 Å². The van der Waals surface area contributed by atoms with Gasteiger partial charge >= 0.3 is 0 Å². The van der Waals surface area contributed by atoms with Crippen LogP contribution in [0.15, 0.2) is 18.2 Å². The van der Waals surface area contributed by atoms with Gasteiger partial charge in [0.25, 0.3) is 0 Å². The summed E-state index contributed by atoms with van der Waals surface area (Å²) in [5, 5.41) is 2.01. The van der Waals surface area contributed by atoms with Crippen LogP contribution in [0.4, 0.5) is 4.39 Å². The smallest absolute Gasteiger partial charge is 0.124 e. The average molecular weight is 259 g/mol. The molecule has 0 unspecified atom stereocenters. The summed E-state index contributed by atoms with van der Waals surface area (Å²) in [7, 11) is 0. The Labute approximate surface area is 88.5 Å². The highest BCUT2D eigenvalue weighted by Gasteiger charge is 2.07. The van der Waals surface area contributed by atoms with Crippen LogP contribution in [0, 0.1) is 12.7 Å². The second-order valence-electron chi connectivity index (χ2n) is 2.92. The Morgan fingerprint density at radius 2 is 2.23 bits per heavy atom. The maximum absolute atomic E-state index is 12.9. The normalized spacial score (nSPS) is 11.0. The zero-order valence-corrected chi connectivity index (χ0v) is 9.51. The van der Waals surface area contributed by atoms with Gasteiger partial charge in [-0.1, -0.05) is 22.0 Å². The van der Waals surface area contributed by atoms with Gasteiger partial charge in [-0.25, -0.2) is 4.39 Å². The van der Waals surface area contributed by atoms with Crippen molar-refractivity contribution in [2.45, 2.75) is 12.3 Å². The van der Waals surface area contributed by atoms with Crippen LogP contribution in [0.1, 0.15) is 10.4 Å². The molecule has 0 saturated carbocycles. The minimum atomic E-state index is -0.158. The zero-order chi connectivity index (χ0) is 9.42. The second kappa shape index (κ2) is 3.39. The summed E-state index contributed by atoms with van der Waals surface area (Å²) >= 11 is 5.07. The number of hydrogen-bond acceptors (Lipinski definition) is 1. The molecule has 0 saturated heterocycles. The van der Waals surface area contributed by atoms with Gasteiger partial charge in [0, 0.05) is 14.9 Å². The van der Waals surface area contributed by atoms with E-state index in [4.69, 9.17) is 0 Å². The van der Waals surface area contributed by atoms with E-state index < -0.39 is 0 Å². The van der Waals surface area contributed by atoms with Crippen LogP contribution in [0.25, 0.3) is 10.1 Å². The summed E-state index contributed by atoms with van der Waals surface area (Å²) in [6.45, 7) is 2.08. The lowest BCUT2D eigenvalue weighted by atomic mass is 10.1. The van der Waals surface area contributed by atoms with E-state index in [2.05, 4.69) is 22.9 Å². The number of hydrogen-bond donors (Lipinski definition) is 0. The van der Waals surface area contributed by atoms with Gasteiger partial charge in [-0.05, 0) is 30.0 Å². The second-order valence-corrected chi connectivity index (χ2v) is 4.62. The van der Waals surface area contributed by atoms with Crippen LogP contribution in [0.2, 0.25) is 0 Å². The summed E-state index contributed by atoms with van der Waals surface area (Å²) in [5.74, 6) is -0.158. The standard InChI is InChI=1S/C10H8BrFS/c1-6-8-3-2-7(12)4-9(8)13-10(6)5-11/h2-4H,5H2,1H3. The minimum Gasteiger partial charge on any atom is -0.207 e. The van der Waals surface area contributed by atoms with E-state index >= 15 is 0 Å². The summed E-state index contributed by atoms with van der Waals surface area (Å²) in [5.41, 5.74) is 1.26. The van der Waals surface area contributed by atoms with Crippen molar-refractivity contribution in [2.75, 3.05) is 0 Å². The van der Waals surface area contributed by atoms with Crippen molar-refractivity contribution in [1.82, 2.24) is 0 Å². The van der Waals surface area contributed by atoms with E-state index in [9.17, 15) is 4.39 Å². The molecule has 2 aromatic rings. The first-order chi connectivity index (χ1) is 6.22. The Morgan fingerprint density at radius 3 is 2.92 bits per heavy atom. The number of rotatable bonds is 1. The maximum atomic E-state index is 12.9. The van der Waals surface area contributed by atoms with Gasteiger partial charge in [0.05, 0.1) is 0 Å². The van der Waals surface area contributed by atoms with Gasteiger partial charge in [-0.2, -0.15) is 0 Å². The fourth-order valence-corrected chi connectivity index (χ4v) is 3.23. The Morgan fingerprint density at radius 1 is 1.46 bits per heavy atom. The Hall–Kier alpha value is -0.410. The number of halogens is 2. The predicted molar refractivity (Wildman–Crippen MR) is 59.2 cm³/mol. The molecular formula is C10H8BrFS. The molecule has 0 atom stereocenters. The van der Waals surface area contributed by atoms with Crippen molar-refractivity contribution >= 4 is 37.4 Å². The largest absolute Gasteiger partial charge is 0.207 e. The molecule has 0 spiro atoms. The molecule has 0 amide bonds. The molecule has 3 heteroatoms. The van der Waals surface area contributed by atoms with Crippen molar-refractivity contribution in [3.8, 4) is 0 Å². The molecule has 0 aliphatic carbocycles. The van der Waals surface area contributed by atoms with Gasteiger partial charge in [0.2, 0.25) is 0 Å². The fourth-order valence-electron chi connectivity index (χ4n) is 1.38. The van der Waals surface area contributed by atoms with Gasteiger partial charge in [-0.3, -0.25) is 0 Å². The number of fused-ring (bicyclic) bond motifs is 1. The summed E-state index contributed by atoms with van der Waals surface area (Å²) in [6.07, 6.45) is 0. The Balaban J connectivity index is 2.76. The third kappa shape index (κ3) is 1.51. The van der Waals surface area contributed by atoms with Gasteiger partial charge < -0.3 is 0 Å². The van der Waals surface area contributed by atoms with E-state index in [0.717, 1.165) is 10.0 Å². The molecule has 2 rings (SSSR count). The van der Waals surface area contributed by atoms with Crippen LogP contribution in [0.3, 0.4) is 0 Å². The molecule has 0 fully saturated rings. The monoisotopic (exact) mass is 258 g/mol. The van der Waals surface area contributed by atoms with E-state index in [0.29, 0.717) is 0 Å².